The molecule has 0 atom stereocenters. The highest BCUT2D eigenvalue weighted by atomic mass is 16.3. The normalized spacial score (nSPS) is 12.3. The monoisotopic (exact) mass is 432 g/mol. The number of H-pyrrole nitrogens is 1. The summed E-state index contributed by atoms with van der Waals surface area (Å²) in [6.45, 7) is 14.2. The van der Waals surface area contributed by atoms with E-state index in [4.69, 9.17) is 0 Å². The molecule has 0 saturated carbocycles. The van der Waals surface area contributed by atoms with Crippen molar-refractivity contribution in [1.29, 1.82) is 0 Å². The number of nitrogens with zero attached hydrogens (tertiary/aromatic N) is 2. The summed E-state index contributed by atoms with van der Waals surface area (Å²) < 4.78 is 0. The van der Waals surface area contributed by atoms with Gasteiger partial charge >= 0.3 is 0 Å². The van der Waals surface area contributed by atoms with E-state index < -0.39 is 0 Å². The number of hydrazone groups is 1. The second-order valence-corrected chi connectivity index (χ2v) is 10.1. The molecule has 6 nitrogen and oxygen atoms in total. The van der Waals surface area contributed by atoms with Crippen LogP contribution in [0.3, 0.4) is 0 Å². The molecule has 0 radical (unpaired) electrons. The number of hydrogen-bond acceptors (Lipinski definition) is 4. The molecule has 32 heavy (non-hydrogen) atoms. The second-order valence-electron chi connectivity index (χ2n) is 10.1. The Morgan fingerprint density at radius 1 is 1.03 bits per heavy atom. The molecule has 2 aromatic carbocycles. The Morgan fingerprint density at radius 2 is 1.59 bits per heavy atom. The summed E-state index contributed by atoms with van der Waals surface area (Å²) in [5.74, 6) is -0.0491. The van der Waals surface area contributed by atoms with Crippen molar-refractivity contribution in [2.45, 2.75) is 59.3 Å². The Bertz CT molecular complexity index is 1110. The number of hydrogen-bond donors (Lipinski definition) is 3. The first-order chi connectivity index (χ1) is 14.9. The highest BCUT2D eigenvalue weighted by molar-refractivity contribution is 5.96. The minimum absolute atomic E-state index is 0.238. The maximum absolute atomic E-state index is 12.7. The van der Waals surface area contributed by atoms with Gasteiger partial charge in [0.15, 0.2) is 0 Å². The van der Waals surface area contributed by atoms with Crippen molar-refractivity contribution in [3.05, 3.63) is 70.4 Å². The van der Waals surface area contributed by atoms with Gasteiger partial charge in [0.1, 0.15) is 11.4 Å². The van der Waals surface area contributed by atoms with Gasteiger partial charge in [0.2, 0.25) is 0 Å². The molecule has 0 aliphatic heterocycles. The summed E-state index contributed by atoms with van der Waals surface area (Å²) in [5.41, 5.74) is 7.41. The van der Waals surface area contributed by atoms with Crippen LogP contribution >= 0.6 is 0 Å². The smallest absolute Gasteiger partial charge is 0.289 e. The van der Waals surface area contributed by atoms with Gasteiger partial charge in [-0.05, 0) is 35.4 Å². The Labute approximate surface area is 189 Å². The molecule has 0 saturated heterocycles. The first kappa shape index (κ1) is 23.3. The van der Waals surface area contributed by atoms with Crippen LogP contribution < -0.4 is 5.43 Å². The lowest BCUT2D eigenvalue weighted by Crippen LogP contribution is -2.20. The molecular weight excluding hydrogens is 400 g/mol. The summed E-state index contributed by atoms with van der Waals surface area (Å²) in [7, 11) is 0. The quantitative estimate of drug-likeness (QED) is 0.378. The predicted octanol–water partition coefficient (Wildman–Crippen LogP) is 5.45. The van der Waals surface area contributed by atoms with E-state index in [1.807, 2.05) is 49.4 Å². The van der Waals surface area contributed by atoms with Gasteiger partial charge in [-0.1, -0.05) is 71.9 Å². The molecule has 0 fully saturated rings. The highest BCUT2D eigenvalue weighted by Crippen LogP contribution is 2.39. The Morgan fingerprint density at radius 3 is 2.12 bits per heavy atom. The van der Waals surface area contributed by atoms with Gasteiger partial charge < -0.3 is 5.11 Å². The van der Waals surface area contributed by atoms with Crippen LogP contribution in [0.15, 0.2) is 47.6 Å². The summed E-state index contributed by atoms with van der Waals surface area (Å²) in [6.07, 6.45) is 1.60. The van der Waals surface area contributed by atoms with Gasteiger partial charge in [-0.3, -0.25) is 9.89 Å². The van der Waals surface area contributed by atoms with E-state index in [-0.39, 0.29) is 16.7 Å². The average Bonchev–Trinajstić information content (AvgIpc) is 3.09. The van der Waals surface area contributed by atoms with Crippen molar-refractivity contribution < 1.29 is 9.90 Å². The molecule has 1 aromatic heterocycles. The lowest BCUT2D eigenvalue weighted by Gasteiger charge is -2.27. The first-order valence-electron chi connectivity index (χ1n) is 10.7. The predicted molar refractivity (Wildman–Crippen MR) is 129 cm³/mol. The van der Waals surface area contributed by atoms with Crippen molar-refractivity contribution in [2.75, 3.05) is 0 Å². The minimum Gasteiger partial charge on any atom is -0.507 e. The van der Waals surface area contributed by atoms with Crippen LogP contribution in [-0.2, 0) is 10.8 Å². The largest absolute Gasteiger partial charge is 0.507 e. The number of aromatic nitrogens is 2. The number of nitrogens with one attached hydrogen (secondary N) is 2. The van der Waals surface area contributed by atoms with Crippen LogP contribution in [0.1, 0.15) is 74.3 Å². The molecule has 0 spiro atoms. The molecule has 168 valence electrons. The Balaban J connectivity index is 1.85. The summed E-state index contributed by atoms with van der Waals surface area (Å²) in [4.78, 5) is 12.7. The molecular formula is C26H32N4O2. The molecule has 1 heterocycles. The fourth-order valence-corrected chi connectivity index (χ4v) is 3.59. The Hall–Kier alpha value is -3.41. The fraction of sp³-hybridized carbons (Fsp3) is 0.346. The van der Waals surface area contributed by atoms with Crippen molar-refractivity contribution in [2.24, 2.45) is 5.10 Å². The van der Waals surface area contributed by atoms with Crippen LogP contribution in [0, 0.1) is 6.92 Å². The lowest BCUT2D eigenvalue weighted by molar-refractivity contribution is 0.0949. The maximum Gasteiger partial charge on any atom is 0.289 e. The molecule has 0 bridgehead atoms. The van der Waals surface area contributed by atoms with E-state index in [9.17, 15) is 9.90 Å². The zero-order valence-corrected chi connectivity index (χ0v) is 19.9. The number of aromatic hydroxyl groups is 1. The molecule has 1 amide bonds. The Kier molecular flexibility index (Phi) is 6.26. The molecule has 3 aromatic rings. The molecule has 3 N–H and O–H groups in total. The van der Waals surface area contributed by atoms with Crippen LogP contribution in [0.4, 0.5) is 0 Å². The highest BCUT2D eigenvalue weighted by Gasteiger charge is 2.26. The third kappa shape index (κ3) is 4.90. The summed E-state index contributed by atoms with van der Waals surface area (Å²) in [6, 6.07) is 13.5. The van der Waals surface area contributed by atoms with Crippen LogP contribution in [0.25, 0.3) is 11.3 Å². The third-order valence-corrected chi connectivity index (χ3v) is 5.41. The molecule has 3 rings (SSSR count). The van der Waals surface area contributed by atoms with E-state index >= 15 is 0 Å². The second kappa shape index (κ2) is 8.61. The number of benzene rings is 2. The van der Waals surface area contributed by atoms with E-state index in [0.29, 0.717) is 11.4 Å². The number of rotatable bonds is 4. The fourth-order valence-electron chi connectivity index (χ4n) is 3.59. The van der Waals surface area contributed by atoms with Gasteiger partial charge in [-0.2, -0.15) is 10.2 Å². The van der Waals surface area contributed by atoms with Crippen molar-refractivity contribution in [3.8, 4) is 17.0 Å². The van der Waals surface area contributed by atoms with Gasteiger partial charge in [0.05, 0.1) is 11.9 Å². The zero-order chi connectivity index (χ0) is 23.7. The summed E-state index contributed by atoms with van der Waals surface area (Å²) in [5, 5.41) is 22.1. The first-order valence-corrected chi connectivity index (χ1v) is 10.7. The van der Waals surface area contributed by atoms with Gasteiger partial charge in [-0.15, -0.1) is 0 Å². The number of carbonyl (C=O) groups is 1. The van der Waals surface area contributed by atoms with Gasteiger partial charge in [-0.25, -0.2) is 5.43 Å². The SMILES string of the molecule is Cc1c(-c2ccccc2)n[nH]c1C(=O)N/N=C\c1cc(C(C)(C)C)c(O)c(C(C)(C)C)c1. The van der Waals surface area contributed by atoms with Gasteiger partial charge in [0.25, 0.3) is 5.91 Å². The standard InChI is InChI=1S/C26H32N4O2/c1-16-21(18-11-9-8-10-12-18)28-29-22(16)24(32)30-27-15-17-13-19(25(2,3)4)23(31)20(14-17)26(5,6)7/h8-15,31H,1-7H3,(H,28,29)(H,30,32)/b27-15-. The number of amides is 1. The number of phenolic OH excluding ortho intramolecular Hbond substituents is 1. The minimum atomic E-state index is -0.362. The number of phenols is 1. The molecule has 0 aliphatic rings. The zero-order valence-electron chi connectivity index (χ0n) is 19.9. The lowest BCUT2D eigenvalue weighted by atomic mass is 9.78. The average molecular weight is 433 g/mol. The maximum atomic E-state index is 12.7. The van der Waals surface area contributed by atoms with Crippen LogP contribution in [-0.4, -0.2) is 27.4 Å². The van der Waals surface area contributed by atoms with E-state index in [1.54, 1.807) is 6.21 Å². The number of aromatic amines is 1. The molecule has 0 unspecified atom stereocenters. The topological polar surface area (TPSA) is 90.4 Å². The van der Waals surface area contributed by atoms with Crippen molar-refractivity contribution >= 4 is 12.1 Å². The molecule has 0 aliphatic carbocycles. The van der Waals surface area contributed by atoms with E-state index in [0.717, 1.165) is 33.5 Å². The summed E-state index contributed by atoms with van der Waals surface area (Å²) >= 11 is 0. The molecule has 6 heteroatoms. The van der Waals surface area contributed by atoms with Gasteiger partial charge in [0, 0.05) is 22.3 Å². The van der Waals surface area contributed by atoms with Crippen LogP contribution in [0.2, 0.25) is 0 Å². The van der Waals surface area contributed by atoms with Crippen LogP contribution in [0.5, 0.6) is 5.75 Å². The number of carbonyl (C=O) groups excluding carboxylic acids is 1. The van der Waals surface area contributed by atoms with Crippen molar-refractivity contribution in [1.82, 2.24) is 15.6 Å². The van der Waals surface area contributed by atoms with E-state index in [1.165, 1.54) is 0 Å². The van der Waals surface area contributed by atoms with E-state index in [2.05, 4.69) is 62.3 Å². The van der Waals surface area contributed by atoms with Crippen molar-refractivity contribution in [3.63, 3.8) is 0 Å². The third-order valence-electron chi connectivity index (χ3n) is 5.41.